The van der Waals surface area contributed by atoms with E-state index in [1.54, 1.807) is 0 Å². The number of carboxylic acid groups (broad SMARTS) is 1. The van der Waals surface area contributed by atoms with E-state index in [0.717, 1.165) is 11.1 Å². The zero-order chi connectivity index (χ0) is 20.8. The number of nitrogens with two attached hydrogens (primary N) is 1. The molecule has 0 aliphatic carbocycles. The van der Waals surface area contributed by atoms with Gasteiger partial charge in [0.1, 0.15) is 12.1 Å². The Morgan fingerprint density at radius 3 is 2.50 bits per heavy atom. The lowest BCUT2D eigenvalue weighted by atomic mass is 9.91. The quantitative estimate of drug-likeness (QED) is 0.598. The number of thioether (sulfide) groups is 1. The number of fused-ring (bicyclic) bond motifs is 1. The molecule has 0 spiro atoms. The maximum atomic E-state index is 13.0. The summed E-state index contributed by atoms with van der Waals surface area (Å²) in [7, 11) is 0. The van der Waals surface area contributed by atoms with E-state index in [9.17, 15) is 19.5 Å². The third kappa shape index (κ3) is 5.26. The van der Waals surface area contributed by atoms with Crippen molar-refractivity contribution in [3.05, 3.63) is 35.4 Å². The first kappa shape index (κ1) is 22.2. The highest BCUT2D eigenvalue weighted by Gasteiger charge is 2.38. The van der Waals surface area contributed by atoms with Crippen molar-refractivity contribution in [2.24, 2.45) is 11.7 Å². The smallest absolute Gasteiger partial charge is 0.326 e. The topological polar surface area (TPSA) is 113 Å². The molecule has 0 radical (unpaired) electrons. The summed E-state index contributed by atoms with van der Waals surface area (Å²) in [6.07, 6.45) is 2.55. The van der Waals surface area contributed by atoms with E-state index in [1.165, 1.54) is 16.7 Å². The van der Waals surface area contributed by atoms with Gasteiger partial charge in [-0.2, -0.15) is 11.8 Å². The van der Waals surface area contributed by atoms with Crippen LogP contribution in [0.15, 0.2) is 24.3 Å². The van der Waals surface area contributed by atoms with Gasteiger partial charge in [0.05, 0.1) is 6.04 Å². The van der Waals surface area contributed by atoms with Crippen molar-refractivity contribution in [1.82, 2.24) is 10.2 Å². The molecule has 1 aromatic carbocycles. The number of hydrogen-bond acceptors (Lipinski definition) is 5. The summed E-state index contributed by atoms with van der Waals surface area (Å²) >= 11 is 1.52. The van der Waals surface area contributed by atoms with Crippen LogP contribution < -0.4 is 11.1 Å². The first-order valence-corrected chi connectivity index (χ1v) is 10.8. The predicted octanol–water partition coefficient (Wildman–Crippen LogP) is 1.25. The van der Waals surface area contributed by atoms with Crippen LogP contribution in [0.25, 0.3) is 0 Å². The molecule has 154 valence electrons. The lowest BCUT2D eigenvalue weighted by Crippen LogP contribution is -2.59. The van der Waals surface area contributed by atoms with Crippen LogP contribution in [0.2, 0.25) is 0 Å². The van der Waals surface area contributed by atoms with Crippen molar-refractivity contribution in [3.8, 4) is 0 Å². The summed E-state index contributed by atoms with van der Waals surface area (Å²) in [6, 6.07) is 5.19. The second-order valence-electron chi connectivity index (χ2n) is 7.41. The van der Waals surface area contributed by atoms with E-state index >= 15 is 0 Å². The van der Waals surface area contributed by atoms with Crippen LogP contribution >= 0.6 is 11.8 Å². The lowest BCUT2D eigenvalue weighted by Gasteiger charge is -2.38. The molecule has 0 aromatic heterocycles. The van der Waals surface area contributed by atoms with E-state index in [2.05, 4.69) is 5.32 Å². The van der Waals surface area contributed by atoms with Gasteiger partial charge in [-0.25, -0.2) is 4.79 Å². The zero-order valence-corrected chi connectivity index (χ0v) is 17.4. The van der Waals surface area contributed by atoms with Crippen molar-refractivity contribution in [1.29, 1.82) is 0 Å². The molecule has 0 bridgehead atoms. The molecule has 2 rings (SSSR count). The minimum atomic E-state index is -1.07. The molecule has 2 amide bonds. The highest BCUT2D eigenvalue weighted by Crippen LogP contribution is 2.25. The SMILES string of the molecule is CSCC[C@@H](NC(=O)C1Cc2ccccc2CN1C(=O)[C@@H](N)C(C)C)C(=O)O. The normalized spacial score (nSPS) is 18.3. The molecule has 8 heteroatoms. The van der Waals surface area contributed by atoms with E-state index in [-0.39, 0.29) is 18.4 Å². The van der Waals surface area contributed by atoms with Gasteiger partial charge in [-0.3, -0.25) is 9.59 Å². The van der Waals surface area contributed by atoms with Crippen LogP contribution in [-0.2, 0) is 27.3 Å². The average Bonchev–Trinajstić information content (AvgIpc) is 2.68. The maximum Gasteiger partial charge on any atom is 0.326 e. The van der Waals surface area contributed by atoms with Crippen molar-refractivity contribution < 1.29 is 19.5 Å². The van der Waals surface area contributed by atoms with E-state index < -0.39 is 30.0 Å². The molecule has 0 saturated heterocycles. The molecule has 1 heterocycles. The molecule has 7 nitrogen and oxygen atoms in total. The Morgan fingerprint density at radius 1 is 1.29 bits per heavy atom. The first-order chi connectivity index (χ1) is 13.3. The van der Waals surface area contributed by atoms with Crippen LogP contribution in [0, 0.1) is 5.92 Å². The lowest BCUT2D eigenvalue weighted by molar-refractivity contribution is -0.146. The maximum absolute atomic E-state index is 13.0. The van der Waals surface area contributed by atoms with Crippen molar-refractivity contribution in [3.63, 3.8) is 0 Å². The molecular weight excluding hydrogens is 378 g/mol. The Hall–Kier alpha value is -2.06. The van der Waals surface area contributed by atoms with Gasteiger partial charge in [-0.15, -0.1) is 0 Å². The molecule has 4 N–H and O–H groups in total. The summed E-state index contributed by atoms with van der Waals surface area (Å²) in [5, 5.41) is 12.0. The first-order valence-electron chi connectivity index (χ1n) is 9.41. The van der Waals surface area contributed by atoms with Gasteiger partial charge in [0.25, 0.3) is 0 Å². The molecule has 1 aliphatic heterocycles. The van der Waals surface area contributed by atoms with Gasteiger partial charge in [0, 0.05) is 13.0 Å². The molecule has 1 aromatic rings. The number of carbonyl (C=O) groups is 3. The van der Waals surface area contributed by atoms with Crippen LogP contribution in [-0.4, -0.2) is 57.9 Å². The summed E-state index contributed by atoms with van der Waals surface area (Å²) in [5.74, 6) is -1.27. The van der Waals surface area contributed by atoms with Crippen LogP contribution in [0.3, 0.4) is 0 Å². The Balaban J connectivity index is 2.27. The van der Waals surface area contributed by atoms with Crippen molar-refractivity contribution >= 4 is 29.5 Å². The molecule has 28 heavy (non-hydrogen) atoms. The number of carboxylic acids is 1. The predicted molar refractivity (Wildman–Crippen MR) is 110 cm³/mol. The molecule has 3 atom stereocenters. The van der Waals surface area contributed by atoms with Gasteiger partial charge >= 0.3 is 5.97 Å². The summed E-state index contributed by atoms with van der Waals surface area (Å²) < 4.78 is 0. The van der Waals surface area contributed by atoms with Gasteiger partial charge in [0.15, 0.2) is 0 Å². The highest BCUT2D eigenvalue weighted by atomic mass is 32.2. The molecule has 0 fully saturated rings. The van der Waals surface area contributed by atoms with Crippen molar-refractivity contribution in [2.75, 3.05) is 12.0 Å². The summed E-state index contributed by atoms with van der Waals surface area (Å²) in [5.41, 5.74) is 8.04. The Morgan fingerprint density at radius 2 is 1.93 bits per heavy atom. The Kier molecular flexibility index (Phi) is 7.88. The van der Waals surface area contributed by atoms with E-state index in [4.69, 9.17) is 5.73 Å². The highest BCUT2D eigenvalue weighted by molar-refractivity contribution is 7.98. The van der Waals surface area contributed by atoms with Crippen LogP contribution in [0.5, 0.6) is 0 Å². The number of benzene rings is 1. The number of nitrogens with one attached hydrogen (secondary N) is 1. The number of carbonyl (C=O) groups excluding carboxylic acids is 2. The number of hydrogen-bond donors (Lipinski definition) is 3. The molecular formula is C20H29N3O4S. The van der Waals surface area contributed by atoms with E-state index in [1.807, 2.05) is 44.4 Å². The minimum absolute atomic E-state index is 0.0678. The third-order valence-corrected chi connectivity index (χ3v) is 5.71. The van der Waals surface area contributed by atoms with Gasteiger partial charge in [0.2, 0.25) is 11.8 Å². The fraction of sp³-hybridized carbons (Fsp3) is 0.550. The minimum Gasteiger partial charge on any atom is -0.480 e. The monoisotopic (exact) mass is 407 g/mol. The van der Waals surface area contributed by atoms with Gasteiger partial charge in [-0.05, 0) is 35.5 Å². The zero-order valence-electron chi connectivity index (χ0n) is 16.6. The fourth-order valence-electron chi connectivity index (χ4n) is 3.23. The number of aliphatic carboxylic acids is 1. The fourth-order valence-corrected chi connectivity index (χ4v) is 3.70. The second kappa shape index (κ2) is 9.93. The number of nitrogens with zero attached hydrogens (tertiary/aromatic N) is 1. The average molecular weight is 408 g/mol. The second-order valence-corrected chi connectivity index (χ2v) is 8.39. The number of rotatable bonds is 8. The number of amides is 2. The molecule has 1 unspecified atom stereocenters. The van der Waals surface area contributed by atoms with Gasteiger partial charge < -0.3 is 21.1 Å². The van der Waals surface area contributed by atoms with Crippen molar-refractivity contribution in [2.45, 2.75) is 51.4 Å². The van der Waals surface area contributed by atoms with Crippen LogP contribution in [0.4, 0.5) is 0 Å². The Bertz CT molecular complexity index is 725. The largest absolute Gasteiger partial charge is 0.480 e. The molecule has 0 saturated carbocycles. The third-order valence-electron chi connectivity index (χ3n) is 5.06. The Labute approximate surface area is 170 Å². The van der Waals surface area contributed by atoms with E-state index in [0.29, 0.717) is 18.6 Å². The summed E-state index contributed by atoms with van der Waals surface area (Å²) in [6.45, 7) is 4.01. The standard InChI is InChI=1S/C20H29N3O4S/c1-12(2)17(21)19(25)23-11-14-7-5-4-6-13(14)10-16(23)18(24)22-15(20(26)27)8-9-28-3/h4-7,12,15-17H,8-11,21H2,1-3H3,(H,22,24)(H,26,27)/t15-,16?,17+/m1/s1. The van der Waals surface area contributed by atoms with Crippen LogP contribution in [0.1, 0.15) is 31.4 Å². The summed E-state index contributed by atoms with van der Waals surface area (Å²) in [4.78, 5) is 38.9. The molecule has 1 aliphatic rings. The van der Waals surface area contributed by atoms with Gasteiger partial charge in [-0.1, -0.05) is 38.1 Å².